The first-order valence-electron chi connectivity index (χ1n) is 8.07. The van der Waals surface area contributed by atoms with Gasteiger partial charge in [0.05, 0.1) is 22.2 Å². The normalized spacial score (nSPS) is 10.9. The second-order valence-electron chi connectivity index (χ2n) is 5.66. The molecule has 0 atom stereocenters. The molecule has 0 bridgehead atoms. The van der Waals surface area contributed by atoms with Crippen LogP contribution in [0.25, 0.3) is 20.8 Å². The fraction of sp³-hybridized carbons (Fsp3) is 0.100. The second-order valence-corrected chi connectivity index (χ2v) is 6.69. The zero-order valence-electron chi connectivity index (χ0n) is 13.4. The van der Waals surface area contributed by atoms with E-state index in [1.165, 1.54) is 0 Å². The third-order valence-electron chi connectivity index (χ3n) is 3.90. The number of benzene rings is 2. The SMILES string of the molecule is O=C(CCc1ccco1)Nc1ccccc1-c1nc2ccccc2s1. The maximum absolute atomic E-state index is 12.3. The van der Waals surface area contributed by atoms with Gasteiger partial charge in [-0.3, -0.25) is 4.79 Å². The average Bonchev–Trinajstić information content (AvgIpc) is 3.30. The van der Waals surface area contributed by atoms with Crippen molar-refractivity contribution in [3.8, 4) is 10.6 Å². The van der Waals surface area contributed by atoms with E-state index in [2.05, 4.69) is 16.4 Å². The number of carbonyl (C=O) groups excluding carboxylic acids is 1. The van der Waals surface area contributed by atoms with Crippen LogP contribution >= 0.6 is 11.3 Å². The molecule has 4 nitrogen and oxygen atoms in total. The highest BCUT2D eigenvalue weighted by molar-refractivity contribution is 7.21. The van der Waals surface area contributed by atoms with Crippen molar-refractivity contribution in [2.45, 2.75) is 12.8 Å². The standard InChI is InChI=1S/C20H16N2O2S/c23-19(12-11-14-6-5-13-24-14)21-16-8-2-1-7-15(16)20-22-17-9-3-4-10-18(17)25-20/h1-10,13H,11-12H2,(H,21,23). The third-order valence-corrected chi connectivity index (χ3v) is 4.97. The molecule has 0 aliphatic rings. The van der Waals surface area contributed by atoms with E-state index in [9.17, 15) is 4.79 Å². The minimum Gasteiger partial charge on any atom is -0.469 e. The Balaban J connectivity index is 1.55. The molecule has 2 aromatic carbocycles. The highest BCUT2D eigenvalue weighted by atomic mass is 32.1. The van der Waals surface area contributed by atoms with E-state index in [0.717, 1.165) is 32.2 Å². The van der Waals surface area contributed by atoms with Gasteiger partial charge in [0.15, 0.2) is 0 Å². The number of anilines is 1. The molecule has 4 rings (SSSR count). The molecule has 4 aromatic rings. The van der Waals surface area contributed by atoms with Gasteiger partial charge in [-0.25, -0.2) is 4.98 Å². The topological polar surface area (TPSA) is 55.1 Å². The number of aryl methyl sites for hydroxylation is 1. The molecule has 124 valence electrons. The van der Waals surface area contributed by atoms with E-state index in [0.29, 0.717) is 12.8 Å². The molecule has 0 unspecified atom stereocenters. The van der Waals surface area contributed by atoms with Gasteiger partial charge in [-0.1, -0.05) is 24.3 Å². The number of thiazole rings is 1. The predicted octanol–water partition coefficient (Wildman–Crippen LogP) is 5.13. The summed E-state index contributed by atoms with van der Waals surface area (Å²) in [6, 6.07) is 19.5. The quantitative estimate of drug-likeness (QED) is 0.544. The average molecular weight is 348 g/mol. The molecule has 1 amide bonds. The second kappa shape index (κ2) is 6.91. The molecule has 0 aliphatic heterocycles. The highest BCUT2D eigenvalue weighted by Gasteiger charge is 2.12. The van der Waals surface area contributed by atoms with Crippen LogP contribution in [0.5, 0.6) is 0 Å². The lowest BCUT2D eigenvalue weighted by Gasteiger charge is -2.09. The molecule has 1 N–H and O–H groups in total. The van der Waals surface area contributed by atoms with Gasteiger partial charge >= 0.3 is 0 Å². The fourth-order valence-corrected chi connectivity index (χ4v) is 3.68. The van der Waals surface area contributed by atoms with E-state index in [1.807, 2.05) is 54.6 Å². The van der Waals surface area contributed by atoms with Crippen molar-refractivity contribution in [3.05, 3.63) is 72.7 Å². The number of nitrogens with one attached hydrogen (secondary N) is 1. The lowest BCUT2D eigenvalue weighted by molar-refractivity contribution is -0.116. The van der Waals surface area contributed by atoms with Crippen molar-refractivity contribution in [3.63, 3.8) is 0 Å². The summed E-state index contributed by atoms with van der Waals surface area (Å²) in [6.45, 7) is 0. The van der Waals surface area contributed by atoms with Crippen LogP contribution in [0.3, 0.4) is 0 Å². The summed E-state index contributed by atoms with van der Waals surface area (Å²) in [5.41, 5.74) is 2.70. The van der Waals surface area contributed by atoms with E-state index in [1.54, 1.807) is 17.6 Å². The van der Waals surface area contributed by atoms with Crippen LogP contribution in [0, 0.1) is 0 Å². The molecular weight excluding hydrogens is 332 g/mol. The molecule has 25 heavy (non-hydrogen) atoms. The molecule has 0 aliphatic carbocycles. The molecule has 2 heterocycles. The molecule has 0 saturated carbocycles. The van der Waals surface area contributed by atoms with E-state index >= 15 is 0 Å². The first-order valence-corrected chi connectivity index (χ1v) is 8.88. The summed E-state index contributed by atoms with van der Waals surface area (Å²) in [5, 5.41) is 3.91. The lowest BCUT2D eigenvalue weighted by atomic mass is 10.1. The van der Waals surface area contributed by atoms with Crippen LogP contribution in [-0.4, -0.2) is 10.9 Å². The van der Waals surface area contributed by atoms with Crippen molar-refractivity contribution in [1.82, 2.24) is 4.98 Å². The Kier molecular flexibility index (Phi) is 4.31. The molecule has 0 radical (unpaired) electrons. The van der Waals surface area contributed by atoms with Gasteiger partial charge in [0, 0.05) is 18.4 Å². The van der Waals surface area contributed by atoms with Gasteiger partial charge in [-0.2, -0.15) is 0 Å². The van der Waals surface area contributed by atoms with Crippen LogP contribution in [-0.2, 0) is 11.2 Å². The zero-order chi connectivity index (χ0) is 17.1. The monoisotopic (exact) mass is 348 g/mol. The molecule has 0 spiro atoms. The van der Waals surface area contributed by atoms with Gasteiger partial charge in [0.25, 0.3) is 0 Å². The minimum atomic E-state index is -0.0371. The van der Waals surface area contributed by atoms with Crippen LogP contribution in [0.4, 0.5) is 5.69 Å². The van der Waals surface area contributed by atoms with Gasteiger partial charge in [0.2, 0.25) is 5.91 Å². The number of hydrogen-bond acceptors (Lipinski definition) is 4. The summed E-state index contributed by atoms with van der Waals surface area (Å²) in [5.74, 6) is 0.777. The summed E-state index contributed by atoms with van der Waals surface area (Å²) in [6.07, 6.45) is 2.58. The Bertz CT molecular complexity index is 972. The van der Waals surface area contributed by atoms with Crippen molar-refractivity contribution in [2.75, 3.05) is 5.32 Å². The summed E-state index contributed by atoms with van der Waals surface area (Å²) >= 11 is 1.63. The number of fused-ring (bicyclic) bond motifs is 1. The largest absolute Gasteiger partial charge is 0.469 e. The van der Waals surface area contributed by atoms with Crippen LogP contribution in [0.1, 0.15) is 12.2 Å². The van der Waals surface area contributed by atoms with Gasteiger partial charge < -0.3 is 9.73 Å². The van der Waals surface area contributed by atoms with E-state index in [4.69, 9.17) is 4.42 Å². The Morgan fingerprint density at radius 1 is 1.04 bits per heavy atom. The number of carbonyl (C=O) groups is 1. The fourth-order valence-electron chi connectivity index (χ4n) is 2.67. The maximum atomic E-state index is 12.3. The van der Waals surface area contributed by atoms with E-state index < -0.39 is 0 Å². The lowest BCUT2D eigenvalue weighted by Crippen LogP contribution is -2.12. The first kappa shape index (κ1) is 15.6. The summed E-state index contributed by atoms with van der Waals surface area (Å²) in [4.78, 5) is 17.0. The predicted molar refractivity (Wildman–Crippen MR) is 101 cm³/mol. The molecule has 0 fully saturated rings. The number of aromatic nitrogens is 1. The number of hydrogen-bond donors (Lipinski definition) is 1. The number of para-hydroxylation sites is 2. The smallest absolute Gasteiger partial charge is 0.224 e. The summed E-state index contributed by atoms with van der Waals surface area (Å²) in [7, 11) is 0. The Morgan fingerprint density at radius 3 is 2.72 bits per heavy atom. The highest BCUT2D eigenvalue weighted by Crippen LogP contribution is 2.34. The first-order chi connectivity index (χ1) is 12.3. The van der Waals surface area contributed by atoms with Crippen molar-refractivity contribution < 1.29 is 9.21 Å². The zero-order valence-corrected chi connectivity index (χ0v) is 14.3. The molecular formula is C20H16N2O2S. The van der Waals surface area contributed by atoms with Gasteiger partial charge in [-0.05, 0) is 36.4 Å². The minimum absolute atomic E-state index is 0.0371. The number of rotatable bonds is 5. The van der Waals surface area contributed by atoms with Gasteiger partial charge in [-0.15, -0.1) is 11.3 Å². The van der Waals surface area contributed by atoms with Crippen LogP contribution in [0.2, 0.25) is 0 Å². The van der Waals surface area contributed by atoms with Crippen molar-refractivity contribution in [2.24, 2.45) is 0 Å². The van der Waals surface area contributed by atoms with Crippen LogP contribution in [0.15, 0.2) is 71.3 Å². The Labute approximate surface area is 149 Å². The Hall–Kier alpha value is -2.92. The van der Waals surface area contributed by atoms with Crippen LogP contribution < -0.4 is 5.32 Å². The van der Waals surface area contributed by atoms with E-state index in [-0.39, 0.29) is 5.91 Å². The Morgan fingerprint density at radius 2 is 1.88 bits per heavy atom. The van der Waals surface area contributed by atoms with Crippen molar-refractivity contribution in [1.29, 1.82) is 0 Å². The molecule has 2 aromatic heterocycles. The summed E-state index contributed by atoms with van der Waals surface area (Å²) < 4.78 is 6.41. The number of nitrogens with zero attached hydrogens (tertiary/aromatic N) is 1. The molecule has 0 saturated heterocycles. The maximum Gasteiger partial charge on any atom is 0.224 e. The number of furan rings is 1. The van der Waals surface area contributed by atoms with Gasteiger partial charge in [0.1, 0.15) is 10.8 Å². The third kappa shape index (κ3) is 3.46. The molecule has 5 heteroatoms. The van der Waals surface area contributed by atoms with Crippen molar-refractivity contribution >= 4 is 33.1 Å². The number of amides is 1.